The van der Waals surface area contributed by atoms with Gasteiger partial charge in [-0.1, -0.05) is 60.7 Å². The van der Waals surface area contributed by atoms with E-state index in [9.17, 15) is 46.6 Å². The molecule has 1 unspecified atom stereocenters. The van der Waals surface area contributed by atoms with E-state index in [-0.39, 0.29) is 99.5 Å². The number of esters is 2. The van der Waals surface area contributed by atoms with Gasteiger partial charge in [0.1, 0.15) is 19.3 Å². The molecule has 0 spiro atoms. The number of carbonyl (C=O) groups excluding carboxylic acids is 5. The van der Waals surface area contributed by atoms with E-state index in [4.69, 9.17) is 9.47 Å². The highest BCUT2D eigenvalue weighted by atomic mass is 32.1. The molecule has 0 fully saturated rings. The van der Waals surface area contributed by atoms with Crippen LogP contribution in [0.4, 0.5) is 17.6 Å². The maximum absolute atomic E-state index is 14.5. The monoisotopic (exact) mass is 944 g/mol. The molecule has 9 aromatic rings. The minimum atomic E-state index is -1.46. The van der Waals surface area contributed by atoms with Gasteiger partial charge in [0.25, 0.3) is 0 Å². The third kappa shape index (κ3) is 7.21. The van der Waals surface area contributed by atoms with Crippen molar-refractivity contribution in [1.82, 2.24) is 0 Å². The highest BCUT2D eigenvalue weighted by Crippen LogP contribution is 2.46. The normalized spacial score (nSPS) is 15.0. The fourth-order valence-corrected chi connectivity index (χ4v) is 11.1. The standard InChI is InChI=1S/C54H28F4O8S2/c55-41-15-27-11-33-34(12-28(27)16-42(41)56)48(60)39(47(33)59)21-31-19-37-45(53(63)65-23-25-7-3-1-4-8-25)51-38(46(52(37)68-31)54(64)66-24-26-9-5-2-6-10-26)20-32(67-51)22-40-49(61)35-13-29-17-43(57)44(58)18-30(29)14-36(35)50(40)62/h1-22,47,59H,23-24H2/b39-21-. The molecule has 8 nitrogen and oxygen atoms in total. The average molecular weight is 945 g/mol. The number of halogens is 4. The van der Waals surface area contributed by atoms with Gasteiger partial charge >= 0.3 is 11.9 Å². The first kappa shape index (κ1) is 42.7. The Hall–Kier alpha value is -7.91. The minimum Gasteiger partial charge on any atom is -0.457 e. The number of thiophene rings is 2. The van der Waals surface area contributed by atoms with Crippen LogP contribution in [-0.4, -0.2) is 34.4 Å². The molecule has 332 valence electrons. The number of Topliss-reactive ketones (excluding diaryl/α,β-unsaturated/α-hetero) is 3. The first-order chi connectivity index (χ1) is 32.8. The van der Waals surface area contributed by atoms with Gasteiger partial charge in [0.05, 0.1) is 26.1 Å². The molecule has 2 aromatic heterocycles. The molecule has 1 N–H and O–H groups in total. The molecule has 14 heteroatoms. The van der Waals surface area contributed by atoms with E-state index < -0.39 is 58.7 Å². The molecule has 0 saturated carbocycles. The molecule has 0 amide bonds. The van der Waals surface area contributed by atoms with E-state index in [1.807, 2.05) is 12.1 Å². The van der Waals surface area contributed by atoms with Gasteiger partial charge in [-0.25, -0.2) is 27.2 Å². The molecular formula is C54H28F4O8S2. The highest BCUT2D eigenvalue weighted by Gasteiger charge is 2.36. The third-order valence-electron chi connectivity index (χ3n) is 12.1. The van der Waals surface area contributed by atoms with E-state index in [0.29, 0.717) is 20.9 Å². The lowest BCUT2D eigenvalue weighted by atomic mass is 10.0. The first-order valence-corrected chi connectivity index (χ1v) is 22.5. The SMILES string of the molecule is O=C1C(=Cc2cc3c(C(=O)OCc4ccccc4)c4sc(/C=C5\C(=O)c6cc7cc(F)c(F)cc7cc6C5O)cc4c(C(=O)OCc4ccccc4)c3s2)C(=O)c2cc3cc(F)c(F)cc3cc21. The summed E-state index contributed by atoms with van der Waals surface area (Å²) in [4.78, 5) is 71.3. The van der Waals surface area contributed by atoms with Gasteiger partial charge in [-0.3, -0.25) is 14.4 Å². The average Bonchev–Trinajstić information content (AvgIpc) is 4.06. The quantitative estimate of drug-likeness (QED) is 0.0691. The van der Waals surface area contributed by atoms with Crippen molar-refractivity contribution < 1.29 is 56.1 Å². The molecule has 2 aliphatic carbocycles. The van der Waals surface area contributed by atoms with Gasteiger partial charge in [0, 0.05) is 42.8 Å². The van der Waals surface area contributed by atoms with Gasteiger partial charge in [-0.15, -0.1) is 22.7 Å². The molecule has 2 aliphatic rings. The van der Waals surface area contributed by atoms with Crippen molar-refractivity contribution in [2.24, 2.45) is 0 Å². The summed E-state index contributed by atoms with van der Waals surface area (Å²) in [6.45, 7) is -0.255. The Balaban J connectivity index is 1.07. The lowest BCUT2D eigenvalue weighted by Crippen LogP contribution is -2.10. The smallest absolute Gasteiger partial charge is 0.340 e. The Bertz CT molecular complexity index is 3620. The van der Waals surface area contributed by atoms with Crippen LogP contribution in [0.2, 0.25) is 0 Å². The number of hydrogen-bond donors (Lipinski definition) is 1. The molecule has 0 bridgehead atoms. The fourth-order valence-electron chi connectivity index (χ4n) is 8.76. The van der Waals surface area contributed by atoms with E-state index >= 15 is 0 Å². The molecular weight excluding hydrogens is 917 g/mol. The molecule has 11 rings (SSSR count). The molecule has 7 aromatic carbocycles. The van der Waals surface area contributed by atoms with Crippen LogP contribution in [0.1, 0.15) is 84.3 Å². The molecule has 1 atom stereocenters. The lowest BCUT2D eigenvalue weighted by Gasteiger charge is -2.11. The predicted molar refractivity (Wildman–Crippen MR) is 250 cm³/mol. The van der Waals surface area contributed by atoms with Gasteiger partial charge in [-0.05, 0) is 111 Å². The summed E-state index contributed by atoms with van der Waals surface area (Å²) in [6.07, 6.45) is 1.32. The summed E-state index contributed by atoms with van der Waals surface area (Å²) < 4.78 is 69.1. The maximum Gasteiger partial charge on any atom is 0.340 e. The summed E-state index contributed by atoms with van der Waals surface area (Å²) in [7, 11) is 0. The van der Waals surface area contributed by atoms with Crippen LogP contribution < -0.4 is 0 Å². The second-order valence-corrected chi connectivity index (χ2v) is 18.4. The van der Waals surface area contributed by atoms with E-state index in [1.165, 1.54) is 36.4 Å². The van der Waals surface area contributed by atoms with E-state index in [1.54, 1.807) is 60.7 Å². The summed E-state index contributed by atoms with van der Waals surface area (Å²) in [6, 6.07) is 30.3. The zero-order valence-electron chi connectivity index (χ0n) is 34.8. The summed E-state index contributed by atoms with van der Waals surface area (Å²) in [5, 5.41) is 13.0. The lowest BCUT2D eigenvalue weighted by molar-refractivity contribution is 0.0465. The molecule has 0 radical (unpaired) electrons. The second kappa shape index (κ2) is 16.5. The van der Waals surface area contributed by atoms with Gasteiger partial charge < -0.3 is 14.6 Å². The van der Waals surface area contributed by atoms with Crippen molar-refractivity contribution in [2.75, 3.05) is 0 Å². The number of allylic oxidation sites excluding steroid dienone is 1. The van der Waals surface area contributed by atoms with Gasteiger partial charge in [0.15, 0.2) is 40.6 Å². The number of benzene rings is 7. The largest absolute Gasteiger partial charge is 0.457 e. The Kier molecular flexibility index (Phi) is 10.3. The third-order valence-corrected chi connectivity index (χ3v) is 14.3. The van der Waals surface area contributed by atoms with E-state index in [0.717, 1.165) is 46.9 Å². The molecule has 2 heterocycles. The maximum atomic E-state index is 14.5. The number of carbonyl (C=O) groups is 5. The van der Waals surface area contributed by atoms with Crippen LogP contribution in [-0.2, 0) is 22.7 Å². The molecule has 0 aliphatic heterocycles. The number of ether oxygens (including phenoxy) is 2. The minimum absolute atomic E-state index is 0.00316. The number of rotatable bonds is 8. The highest BCUT2D eigenvalue weighted by molar-refractivity contribution is 7.22. The number of aliphatic hydroxyl groups excluding tert-OH is 1. The predicted octanol–water partition coefficient (Wildman–Crippen LogP) is 12.5. The Morgan fingerprint density at radius 3 is 1.40 bits per heavy atom. The van der Waals surface area contributed by atoms with Crippen LogP contribution >= 0.6 is 22.7 Å². The van der Waals surface area contributed by atoms with Crippen LogP contribution in [0.15, 0.2) is 132 Å². The van der Waals surface area contributed by atoms with Crippen LogP contribution in [0.5, 0.6) is 0 Å². The topological polar surface area (TPSA) is 124 Å². The molecule has 0 saturated heterocycles. The number of hydrogen-bond acceptors (Lipinski definition) is 10. The zero-order chi connectivity index (χ0) is 47.1. The number of ketones is 3. The Morgan fingerprint density at radius 2 is 0.941 bits per heavy atom. The van der Waals surface area contributed by atoms with Crippen LogP contribution in [0, 0.1) is 23.3 Å². The summed E-state index contributed by atoms with van der Waals surface area (Å²) in [5.74, 6) is -7.86. The second-order valence-electron chi connectivity index (χ2n) is 16.3. The number of aliphatic hydroxyl groups is 1. The van der Waals surface area contributed by atoms with Crippen molar-refractivity contribution in [3.63, 3.8) is 0 Å². The van der Waals surface area contributed by atoms with Gasteiger partial charge in [-0.2, -0.15) is 0 Å². The number of fused-ring (bicyclic) bond motifs is 6. The van der Waals surface area contributed by atoms with Crippen molar-refractivity contribution >= 4 is 106 Å². The Morgan fingerprint density at radius 1 is 0.529 bits per heavy atom. The van der Waals surface area contributed by atoms with Crippen LogP contribution in [0.3, 0.4) is 0 Å². The summed E-state index contributed by atoms with van der Waals surface area (Å²) >= 11 is 2.03. The van der Waals surface area contributed by atoms with Crippen LogP contribution in [0.25, 0.3) is 53.9 Å². The van der Waals surface area contributed by atoms with Crippen molar-refractivity contribution in [3.8, 4) is 0 Å². The fraction of sp³-hybridized carbons (Fsp3) is 0.0556. The van der Waals surface area contributed by atoms with Crippen molar-refractivity contribution in [2.45, 2.75) is 19.3 Å². The van der Waals surface area contributed by atoms with E-state index in [2.05, 4.69) is 0 Å². The van der Waals surface area contributed by atoms with Gasteiger partial charge in [0.2, 0.25) is 0 Å². The molecule has 68 heavy (non-hydrogen) atoms. The summed E-state index contributed by atoms with van der Waals surface area (Å²) in [5.41, 5.74) is 1.41. The first-order valence-electron chi connectivity index (χ1n) is 20.9. The van der Waals surface area contributed by atoms with Crippen molar-refractivity contribution in [3.05, 3.63) is 210 Å². The zero-order valence-corrected chi connectivity index (χ0v) is 36.5. The van der Waals surface area contributed by atoms with Crippen molar-refractivity contribution in [1.29, 1.82) is 0 Å². The Labute approximate surface area is 389 Å².